The topological polar surface area (TPSA) is 245 Å². The fraction of sp³-hybridized carbons (Fsp3) is 0.195. The van der Waals surface area contributed by atoms with Crippen molar-refractivity contribution in [2.45, 2.75) is 19.3 Å². The molecule has 4 aromatic rings. The molecule has 335 valence electrons. The molecule has 1 aliphatic heterocycles. The van der Waals surface area contributed by atoms with E-state index in [2.05, 4.69) is 121 Å². The van der Waals surface area contributed by atoms with Gasteiger partial charge in [-0.25, -0.2) is 0 Å². The number of rotatable bonds is 11. The van der Waals surface area contributed by atoms with Gasteiger partial charge < -0.3 is 35.3 Å². The van der Waals surface area contributed by atoms with Crippen molar-refractivity contribution in [3.05, 3.63) is 156 Å². The predicted molar refractivity (Wildman–Crippen MR) is 244 cm³/mol. The number of carbonyl (C=O) groups excluding carboxylic acids is 2. The molecule has 0 bridgehead atoms. The number of carbonyl (C=O) groups is 2. The van der Waals surface area contributed by atoms with Crippen molar-refractivity contribution in [2.75, 3.05) is 36.8 Å². The smallest absolute Gasteiger partial charge is 0.319 e. The zero-order valence-corrected chi connectivity index (χ0v) is 38.1. The van der Waals surface area contributed by atoms with E-state index < -0.39 is 9.85 Å². The molecule has 2 aromatic carbocycles. The minimum atomic E-state index is -0.583. The van der Waals surface area contributed by atoms with Crippen LogP contribution in [-0.2, 0) is 31.8 Å². The number of alkyl halides is 2. The molecule has 3 heterocycles. The van der Waals surface area contributed by atoms with Crippen LogP contribution in [0.3, 0.4) is 0 Å². The van der Waals surface area contributed by atoms with Gasteiger partial charge in [0, 0.05) is 99.2 Å². The first-order chi connectivity index (χ1) is 30.1. The molecule has 0 amide bonds. The monoisotopic (exact) mass is 990 g/mol. The molecule has 2 N–H and O–H groups in total. The second-order valence-corrected chi connectivity index (χ2v) is 16.3. The maximum absolute atomic E-state index is 10.9. The van der Waals surface area contributed by atoms with Gasteiger partial charge in [-0.2, -0.15) is 4.58 Å². The van der Waals surface area contributed by atoms with Crippen LogP contribution in [0, 0.1) is 20.2 Å². The molecule has 2 aliphatic carbocycles. The van der Waals surface area contributed by atoms with Crippen molar-refractivity contribution in [3.8, 4) is 0 Å². The van der Waals surface area contributed by atoms with E-state index in [1.54, 1.807) is 0 Å². The normalized spacial score (nSPS) is 16.8. The van der Waals surface area contributed by atoms with E-state index in [-0.39, 0.29) is 76.3 Å². The molecule has 7 rings (SSSR count). The Balaban J connectivity index is 0.000000216. The van der Waals surface area contributed by atoms with Gasteiger partial charge in [0.05, 0.1) is 15.3 Å². The third-order valence-electron chi connectivity index (χ3n) is 9.04. The minimum absolute atomic E-state index is 0. The summed E-state index contributed by atoms with van der Waals surface area (Å²) in [6.07, 6.45) is 13.6. The quantitative estimate of drug-likeness (QED) is 0.0534. The summed E-state index contributed by atoms with van der Waals surface area (Å²) in [7, 11) is 2.15. The molecule has 3 aliphatic rings. The Morgan fingerprint density at radius 1 is 0.766 bits per heavy atom. The minimum Gasteiger partial charge on any atom is -0.506 e. The number of nitrogens with zero attached hydrogens (tertiary/aromatic N) is 10. The molecule has 0 spiro atoms. The van der Waals surface area contributed by atoms with Crippen molar-refractivity contribution in [2.24, 2.45) is 20.4 Å². The Labute approximate surface area is 393 Å². The second-order valence-electron chi connectivity index (χ2n) is 13.6. The van der Waals surface area contributed by atoms with Crippen LogP contribution in [0.2, 0.25) is 0 Å². The van der Waals surface area contributed by atoms with Crippen molar-refractivity contribution in [1.29, 1.82) is 0 Å². The summed E-state index contributed by atoms with van der Waals surface area (Å²) < 4.78 is 2.29. The number of benzene rings is 2. The van der Waals surface area contributed by atoms with E-state index in [9.17, 15) is 40.0 Å². The van der Waals surface area contributed by atoms with E-state index in [4.69, 9.17) is 23.2 Å². The summed E-state index contributed by atoms with van der Waals surface area (Å²) in [5, 5.41) is 53.9. The van der Waals surface area contributed by atoms with Gasteiger partial charge in [0.1, 0.15) is 30.0 Å². The summed E-state index contributed by atoms with van der Waals surface area (Å²) in [6, 6.07) is 17.2. The van der Waals surface area contributed by atoms with E-state index in [1.165, 1.54) is 46.8 Å². The number of halogens is 2. The standard InChI is InChI=1S/C23H27Cl2N2.2C9H6N4O4S.Co/c1-23(2)20-6-4-5-7-21(20)26(3)22(23)13-10-18-8-11-19(12-9-18)27(16-14-24)17-15-25;2*14-5-1-2-6(7(15)3-5)11-12-9-10-4-8(18-9)13(16)17;/h4-13H,14-17H2,1-3H3;2*1-4H,(H2,10,12,14,15);/q+1;;;/p-2. The molecular formula is C41H37Cl2CoN10O8S2-. The molecule has 0 atom stereocenters. The number of para-hydroxylation sites is 1. The number of aliphatic hydroxyl groups excluding tert-OH is 2. The maximum Gasteiger partial charge on any atom is 0.319 e. The van der Waals surface area contributed by atoms with E-state index in [0.29, 0.717) is 11.8 Å². The third-order valence-corrected chi connectivity index (χ3v) is 11.0. The van der Waals surface area contributed by atoms with E-state index >= 15 is 0 Å². The number of ketones is 2. The van der Waals surface area contributed by atoms with Crippen LogP contribution in [0.15, 0.2) is 135 Å². The Hall–Kier alpha value is -6.36. The molecule has 64 heavy (non-hydrogen) atoms. The number of aromatic nitrogens is 2. The first-order valence-electron chi connectivity index (χ1n) is 18.5. The van der Waals surface area contributed by atoms with Crippen molar-refractivity contribution < 1.29 is 51.0 Å². The number of allylic oxidation sites excluding steroid dienone is 7. The SMILES string of the molecule is C[N+]1=C(/C=C/c2ccc(N(CCCl)CCCl)cc2)C(C)(C)c2ccccc21.O=C1C=CC(=NN=c2[n-]cc([N+](=O)[O-])s2)C(O)=C1.O=C1C=CC(=NN=c2[n-]cc([N+](=O)[O-])s2)C(O)=C1.[Co]. The average molecular weight is 992 g/mol. The predicted octanol–water partition coefficient (Wildman–Crippen LogP) is 6.59. The Kier molecular flexibility index (Phi) is 18.4. The van der Waals surface area contributed by atoms with Gasteiger partial charge in [0.15, 0.2) is 17.3 Å². The van der Waals surface area contributed by atoms with Gasteiger partial charge in [-0.3, -0.25) is 40.0 Å². The van der Waals surface area contributed by atoms with Gasteiger partial charge in [-0.05, 0) is 61.9 Å². The molecule has 0 saturated carbocycles. The van der Waals surface area contributed by atoms with Crippen molar-refractivity contribution in [3.63, 3.8) is 0 Å². The number of nitro groups is 2. The fourth-order valence-electron chi connectivity index (χ4n) is 5.99. The average Bonchev–Trinajstić information content (AvgIpc) is 3.98. The largest absolute Gasteiger partial charge is 0.506 e. The zero-order valence-electron chi connectivity index (χ0n) is 33.9. The summed E-state index contributed by atoms with van der Waals surface area (Å²) in [6.45, 7) is 6.18. The van der Waals surface area contributed by atoms with Gasteiger partial charge in [0.2, 0.25) is 5.69 Å². The first-order valence-corrected chi connectivity index (χ1v) is 21.2. The molecule has 18 nitrogen and oxygen atoms in total. The molecular weight excluding hydrogens is 954 g/mol. The zero-order chi connectivity index (χ0) is 45.7. The second kappa shape index (κ2) is 23.4. The molecule has 0 unspecified atom stereocenters. The van der Waals surface area contributed by atoms with Crippen LogP contribution in [0.4, 0.5) is 21.4 Å². The van der Waals surface area contributed by atoms with Crippen LogP contribution in [0.1, 0.15) is 25.0 Å². The van der Waals surface area contributed by atoms with Gasteiger partial charge in [-0.15, -0.1) is 23.2 Å². The Bertz CT molecular complexity index is 2670. The van der Waals surface area contributed by atoms with Gasteiger partial charge in [-0.1, -0.05) is 53.0 Å². The van der Waals surface area contributed by atoms with Crippen LogP contribution in [-0.4, -0.2) is 85.2 Å². The molecule has 1 radical (unpaired) electrons. The van der Waals surface area contributed by atoms with Crippen LogP contribution < -0.4 is 24.5 Å². The number of hydrogen-bond acceptors (Lipinski definition) is 15. The molecule has 0 fully saturated rings. The number of fused-ring (bicyclic) bond motifs is 1. The fourth-order valence-corrected chi connectivity index (χ4v) is 7.51. The van der Waals surface area contributed by atoms with Crippen LogP contribution in [0.25, 0.3) is 6.08 Å². The summed E-state index contributed by atoms with van der Waals surface area (Å²) in [4.78, 5) is 51.1. The number of aliphatic hydroxyl groups is 2. The molecule has 2 aromatic heterocycles. The maximum atomic E-state index is 10.9. The van der Waals surface area contributed by atoms with Crippen molar-refractivity contribution >= 4 is 102 Å². The summed E-state index contributed by atoms with van der Waals surface area (Å²) in [5.74, 6) is -0.125. The Morgan fingerprint density at radius 3 is 1.67 bits per heavy atom. The van der Waals surface area contributed by atoms with Crippen LogP contribution in [0.5, 0.6) is 0 Å². The summed E-state index contributed by atoms with van der Waals surface area (Å²) >= 11 is 13.3. The van der Waals surface area contributed by atoms with Crippen LogP contribution >= 0.6 is 45.9 Å². The van der Waals surface area contributed by atoms with E-state index in [0.717, 1.165) is 66.0 Å². The van der Waals surface area contributed by atoms with Crippen molar-refractivity contribution in [1.82, 2.24) is 9.97 Å². The number of anilines is 1. The van der Waals surface area contributed by atoms with E-state index in [1.807, 2.05) is 0 Å². The number of thiazole rings is 2. The molecule has 0 saturated heterocycles. The van der Waals surface area contributed by atoms with Gasteiger partial charge >= 0.3 is 10.0 Å². The molecule has 23 heteroatoms. The number of hydrogen-bond donors (Lipinski definition) is 2. The first kappa shape index (κ1) is 50.3. The Morgan fingerprint density at radius 2 is 1.25 bits per heavy atom. The third kappa shape index (κ3) is 13.3. The van der Waals surface area contributed by atoms with Gasteiger partial charge in [0.25, 0.3) is 0 Å². The summed E-state index contributed by atoms with van der Waals surface area (Å²) in [5.41, 5.74) is 6.49.